The van der Waals surface area contributed by atoms with Gasteiger partial charge in [-0.2, -0.15) is 0 Å². The predicted molar refractivity (Wildman–Crippen MR) is 49.7 cm³/mol. The van der Waals surface area contributed by atoms with Crippen LogP contribution >= 0.6 is 0 Å². The van der Waals surface area contributed by atoms with Crippen LogP contribution in [0, 0.1) is 0 Å². The van der Waals surface area contributed by atoms with E-state index in [1.54, 1.807) is 0 Å². The average molecular weight is 153 g/mol. The van der Waals surface area contributed by atoms with Crippen LogP contribution in [0.2, 0.25) is 0 Å². The topological polar surface area (TPSA) is 3.24 Å². The molecule has 0 aliphatic carbocycles. The van der Waals surface area contributed by atoms with Gasteiger partial charge >= 0.3 is 0 Å². The van der Waals surface area contributed by atoms with E-state index < -0.39 is 0 Å². The first-order chi connectivity index (χ1) is 5.29. The summed E-state index contributed by atoms with van der Waals surface area (Å²) >= 11 is 0. The molecule has 1 fully saturated rings. The summed E-state index contributed by atoms with van der Waals surface area (Å²) in [6.07, 6.45) is 5.41. The highest BCUT2D eigenvalue weighted by Gasteiger charge is 2.08. The Balaban J connectivity index is 2.09. The van der Waals surface area contributed by atoms with Crippen LogP contribution in [0.15, 0.2) is 12.2 Å². The fourth-order valence-electron chi connectivity index (χ4n) is 1.53. The highest BCUT2D eigenvalue weighted by atomic mass is 15.1. The summed E-state index contributed by atoms with van der Waals surface area (Å²) in [7, 11) is 0. The quantitative estimate of drug-likeness (QED) is 0.563. The zero-order chi connectivity index (χ0) is 8.10. The summed E-state index contributed by atoms with van der Waals surface area (Å²) in [5, 5.41) is 0. The molecule has 0 N–H and O–H groups in total. The smallest absolute Gasteiger partial charge is 0.00184 e. The van der Waals surface area contributed by atoms with Crippen molar-refractivity contribution in [3.63, 3.8) is 0 Å². The number of rotatable bonds is 3. The van der Waals surface area contributed by atoms with Crippen molar-refractivity contribution in [3.05, 3.63) is 12.2 Å². The molecule has 1 nitrogen and oxygen atoms in total. The summed E-state index contributed by atoms with van der Waals surface area (Å²) in [5.41, 5.74) is 1.32. The third-order valence-corrected chi connectivity index (χ3v) is 2.30. The highest BCUT2D eigenvalue weighted by Crippen LogP contribution is 2.09. The lowest BCUT2D eigenvalue weighted by molar-refractivity contribution is 0.231. The van der Waals surface area contributed by atoms with Gasteiger partial charge in [-0.3, -0.25) is 0 Å². The Morgan fingerprint density at radius 3 is 2.45 bits per heavy atom. The van der Waals surface area contributed by atoms with Gasteiger partial charge in [0, 0.05) is 6.54 Å². The van der Waals surface area contributed by atoms with Gasteiger partial charge in [-0.05, 0) is 39.3 Å². The van der Waals surface area contributed by atoms with Crippen LogP contribution in [0.4, 0.5) is 0 Å². The van der Waals surface area contributed by atoms with Crippen molar-refractivity contribution in [2.75, 3.05) is 19.6 Å². The molecule has 1 heterocycles. The first kappa shape index (κ1) is 8.79. The standard InChI is InChI=1S/C10H19N/c1-10(2)6-9-11-7-4-3-5-8-11/h1,3-9H2,2H3. The molecule has 0 radical (unpaired) electrons. The van der Waals surface area contributed by atoms with Crippen LogP contribution in [-0.2, 0) is 0 Å². The van der Waals surface area contributed by atoms with E-state index in [0.29, 0.717) is 0 Å². The number of hydrogen-bond acceptors (Lipinski definition) is 1. The molecule has 11 heavy (non-hydrogen) atoms. The Kier molecular flexibility index (Phi) is 3.64. The molecule has 0 aromatic carbocycles. The van der Waals surface area contributed by atoms with Gasteiger partial charge in [-0.15, -0.1) is 6.58 Å². The van der Waals surface area contributed by atoms with Gasteiger partial charge in [0.1, 0.15) is 0 Å². The molecule has 1 aliphatic rings. The van der Waals surface area contributed by atoms with E-state index in [1.807, 2.05) is 0 Å². The fraction of sp³-hybridized carbons (Fsp3) is 0.800. The van der Waals surface area contributed by atoms with E-state index in [1.165, 1.54) is 50.9 Å². The Morgan fingerprint density at radius 2 is 1.91 bits per heavy atom. The Hall–Kier alpha value is -0.300. The average Bonchev–Trinajstić information content (AvgIpc) is 2.03. The van der Waals surface area contributed by atoms with Crippen molar-refractivity contribution in [2.45, 2.75) is 32.6 Å². The van der Waals surface area contributed by atoms with E-state index in [-0.39, 0.29) is 0 Å². The van der Waals surface area contributed by atoms with Gasteiger partial charge in [0.05, 0.1) is 0 Å². The summed E-state index contributed by atoms with van der Waals surface area (Å²) in [6, 6.07) is 0. The molecule has 0 aromatic rings. The molecular formula is C10H19N. The monoisotopic (exact) mass is 153 g/mol. The summed E-state index contributed by atoms with van der Waals surface area (Å²) < 4.78 is 0. The summed E-state index contributed by atoms with van der Waals surface area (Å²) in [4.78, 5) is 2.55. The van der Waals surface area contributed by atoms with Crippen molar-refractivity contribution < 1.29 is 0 Å². The molecule has 0 unspecified atom stereocenters. The number of nitrogens with zero attached hydrogens (tertiary/aromatic N) is 1. The molecule has 0 bridgehead atoms. The van der Waals surface area contributed by atoms with Crippen LogP contribution in [0.25, 0.3) is 0 Å². The van der Waals surface area contributed by atoms with E-state index in [0.717, 1.165) is 0 Å². The van der Waals surface area contributed by atoms with Gasteiger partial charge in [0.2, 0.25) is 0 Å². The van der Waals surface area contributed by atoms with Gasteiger partial charge in [0.25, 0.3) is 0 Å². The minimum atomic E-state index is 1.18. The third kappa shape index (κ3) is 3.57. The van der Waals surface area contributed by atoms with Crippen LogP contribution in [0.5, 0.6) is 0 Å². The van der Waals surface area contributed by atoms with E-state index in [4.69, 9.17) is 0 Å². The van der Waals surface area contributed by atoms with Crippen molar-refractivity contribution in [1.82, 2.24) is 4.90 Å². The largest absolute Gasteiger partial charge is 0.303 e. The van der Waals surface area contributed by atoms with E-state index >= 15 is 0 Å². The molecule has 0 aromatic heterocycles. The lowest BCUT2D eigenvalue weighted by Gasteiger charge is -2.26. The van der Waals surface area contributed by atoms with Crippen LogP contribution in [-0.4, -0.2) is 24.5 Å². The lowest BCUT2D eigenvalue weighted by atomic mass is 10.1. The van der Waals surface area contributed by atoms with E-state index in [2.05, 4.69) is 18.4 Å². The minimum absolute atomic E-state index is 1.18. The van der Waals surface area contributed by atoms with Gasteiger partial charge in [-0.25, -0.2) is 0 Å². The number of hydrogen-bond donors (Lipinski definition) is 0. The Bertz CT molecular complexity index is 123. The first-order valence-electron chi connectivity index (χ1n) is 4.66. The molecule has 1 aliphatic heterocycles. The molecule has 0 amide bonds. The first-order valence-corrected chi connectivity index (χ1v) is 4.66. The zero-order valence-electron chi connectivity index (χ0n) is 7.60. The molecular weight excluding hydrogens is 134 g/mol. The van der Waals surface area contributed by atoms with Crippen molar-refractivity contribution in [1.29, 1.82) is 0 Å². The second-order valence-electron chi connectivity index (χ2n) is 3.61. The van der Waals surface area contributed by atoms with Gasteiger partial charge in [0.15, 0.2) is 0 Å². The molecule has 1 rings (SSSR count). The molecule has 0 saturated carbocycles. The van der Waals surface area contributed by atoms with Gasteiger partial charge in [-0.1, -0.05) is 12.0 Å². The van der Waals surface area contributed by atoms with Gasteiger partial charge < -0.3 is 4.90 Å². The van der Waals surface area contributed by atoms with E-state index in [9.17, 15) is 0 Å². The maximum Gasteiger partial charge on any atom is 0.00184 e. The van der Waals surface area contributed by atoms with Crippen LogP contribution in [0.1, 0.15) is 32.6 Å². The molecule has 64 valence electrons. The highest BCUT2D eigenvalue weighted by molar-refractivity contribution is 4.88. The number of piperidine rings is 1. The summed E-state index contributed by atoms with van der Waals surface area (Å²) in [5.74, 6) is 0. The second-order valence-corrected chi connectivity index (χ2v) is 3.61. The maximum absolute atomic E-state index is 3.91. The molecule has 0 atom stereocenters. The minimum Gasteiger partial charge on any atom is -0.303 e. The predicted octanol–water partition coefficient (Wildman–Crippen LogP) is 2.44. The Morgan fingerprint density at radius 1 is 1.27 bits per heavy atom. The lowest BCUT2D eigenvalue weighted by Crippen LogP contribution is -2.30. The SMILES string of the molecule is C=C(C)CCN1CCCCC1. The molecule has 1 saturated heterocycles. The molecule has 1 heteroatoms. The number of likely N-dealkylation sites (tertiary alicyclic amines) is 1. The fourth-order valence-corrected chi connectivity index (χ4v) is 1.53. The second kappa shape index (κ2) is 4.55. The van der Waals surface area contributed by atoms with Crippen LogP contribution in [0.3, 0.4) is 0 Å². The molecule has 0 spiro atoms. The van der Waals surface area contributed by atoms with Crippen molar-refractivity contribution in [2.24, 2.45) is 0 Å². The third-order valence-electron chi connectivity index (χ3n) is 2.30. The Labute approximate surface area is 70.1 Å². The summed E-state index contributed by atoms with van der Waals surface area (Å²) in [6.45, 7) is 9.88. The maximum atomic E-state index is 3.91. The zero-order valence-corrected chi connectivity index (χ0v) is 7.60. The van der Waals surface area contributed by atoms with Crippen molar-refractivity contribution >= 4 is 0 Å². The van der Waals surface area contributed by atoms with Crippen molar-refractivity contribution in [3.8, 4) is 0 Å². The normalized spacial score (nSPS) is 20.1. The van der Waals surface area contributed by atoms with Crippen LogP contribution < -0.4 is 0 Å².